The molecule has 2 N–H and O–H groups in total. The molecule has 0 fully saturated rings. The van der Waals surface area contributed by atoms with Gasteiger partial charge in [0, 0.05) is 5.56 Å². The van der Waals surface area contributed by atoms with Crippen molar-refractivity contribution in [3.8, 4) is 5.75 Å². The molecule has 1 aromatic rings. The highest BCUT2D eigenvalue weighted by Gasteiger charge is 2.12. The van der Waals surface area contributed by atoms with Crippen LogP contribution in [0.4, 0.5) is 0 Å². The summed E-state index contributed by atoms with van der Waals surface area (Å²) in [6.07, 6.45) is 0. The highest BCUT2D eigenvalue weighted by atomic mass is 16.4. The van der Waals surface area contributed by atoms with Gasteiger partial charge in [0.25, 0.3) is 0 Å². The normalized spacial score (nSPS) is 12.1. The van der Waals surface area contributed by atoms with Gasteiger partial charge in [-0.15, -0.1) is 0 Å². The quantitative estimate of drug-likeness (QED) is 0.415. The van der Waals surface area contributed by atoms with E-state index in [-0.39, 0.29) is 11.7 Å². The van der Waals surface area contributed by atoms with Crippen molar-refractivity contribution < 1.29 is 10.3 Å². The van der Waals surface area contributed by atoms with Crippen LogP contribution in [0.25, 0.3) is 0 Å². The van der Waals surface area contributed by atoms with Crippen LogP contribution in [0.5, 0.6) is 5.75 Å². The minimum absolute atomic E-state index is 0.0818. The minimum Gasteiger partial charge on any atom is -0.507 e. The molecule has 0 atom stereocenters. The Bertz CT molecular complexity index is 318. The van der Waals surface area contributed by atoms with E-state index in [1.165, 1.54) is 0 Å². The largest absolute Gasteiger partial charge is 0.507 e. The number of rotatable bonds is 2. The Labute approximate surface area is 77.3 Å². The fraction of sp³-hybridized carbons (Fsp3) is 0.300. The molecule has 0 unspecified atom stereocenters. The molecule has 0 saturated carbocycles. The molecule has 0 aliphatic carbocycles. The molecule has 0 aliphatic rings. The number of benzene rings is 1. The third-order valence-electron chi connectivity index (χ3n) is 1.83. The van der Waals surface area contributed by atoms with Crippen LogP contribution in [0.15, 0.2) is 29.4 Å². The van der Waals surface area contributed by atoms with E-state index >= 15 is 0 Å². The topological polar surface area (TPSA) is 52.8 Å². The molecule has 0 aromatic heterocycles. The van der Waals surface area contributed by atoms with Crippen LogP contribution in [-0.2, 0) is 0 Å². The molecule has 0 saturated heterocycles. The van der Waals surface area contributed by atoms with E-state index in [1.807, 2.05) is 13.8 Å². The predicted molar refractivity (Wildman–Crippen MR) is 51.3 cm³/mol. The van der Waals surface area contributed by atoms with E-state index in [1.54, 1.807) is 24.3 Å². The van der Waals surface area contributed by atoms with Crippen LogP contribution in [0.1, 0.15) is 19.4 Å². The Kier molecular flexibility index (Phi) is 2.90. The fourth-order valence-electron chi connectivity index (χ4n) is 1.17. The molecule has 0 heterocycles. The zero-order valence-corrected chi connectivity index (χ0v) is 7.73. The molecular formula is C10H13NO2. The van der Waals surface area contributed by atoms with Crippen LogP contribution >= 0.6 is 0 Å². The lowest BCUT2D eigenvalue weighted by Crippen LogP contribution is -2.09. The van der Waals surface area contributed by atoms with Crippen molar-refractivity contribution in [3.63, 3.8) is 0 Å². The van der Waals surface area contributed by atoms with Gasteiger partial charge in [0.05, 0.1) is 5.71 Å². The minimum atomic E-state index is 0.0818. The third kappa shape index (κ3) is 1.99. The Morgan fingerprint density at radius 2 is 1.92 bits per heavy atom. The molecular weight excluding hydrogens is 166 g/mol. The SMILES string of the molecule is CC(C)/C(=N/O)c1ccccc1O. The summed E-state index contributed by atoms with van der Waals surface area (Å²) in [6.45, 7) is 3.81. The van der Waals surface area contributed by atoms with Gasteiger partial charge in [-0.3, -0.25) is 0 Å². The summed E-state index contributed by atoms with van der Waals surface area (Å²) in [4.78, 5) is 0. The third-order valence-corrected chi connectivity index (χ3v) is 1.83. The van der Waals surface area contributed by atoms with E-state index in [2.05, 4.69) is 5.16 Å². The second-order valence-corrected chi connectivity index (χ2v) is 3.16. The van der Waals surface area contributed by atoms with Crippen molar-refractivity contribution in [2.24, 2.45) is 11.1 Å². The summed E-state index contributed by atoms with van der Waals surface area (Å²) >= 11 is 0. The van der Waals surface area contributed by atoms with Crippen LogP contribution in [0.3, 0.4) is 0 Å². The summed E-state index contributed by atoms with van der Waals surface area (Å²) in [5.41, 5.74) is 1.08. The molecule has 70 valence electrons. The molecule has 0 amide bonds. The van der Waals surface area contributed by atoms with Crippen LogP contribution in [-0.4, -0.2) is 16.0 Å². The first kappa shape index (κ1) is 9.58. The lowest BCUT2D eigenvalue weighted by molar-refractivity contribution is 0.316. The number of hydrogen-bond donors (Lipinski definition) is 2. The van der Waals surface area contributed by atoms with Gasteiger partial charge in [0.1, 0.15) is 5.75 Å². The number of hydrogen-bond acceptors (Lipinski definition) is 3. The van der Waals surface area contributed by atoms with Crippen molar-refractivity contribution in [2.45, 2.75) is 13.8 Å². The summed E-state index contributed by atoms with van der Waals surface area (Å²) in [7, 11) is 0. The first-order valence-electron chi connectivity index (χ1n) is 4.17. The second kappa shape index (κ2) is 3.94. The number of aromatic hydroxyl groups is 1. The number of para-hydroxylation sites is 1. The Morgan fingerprint density at radius 1 is 1.31 bits per heavy atom. The second-order valence-electron chi connectivity index (χ2n) is 3.16. The summed E-state index contributed by atoms with van der Waals surface area (Å²) < 4.78 is 0. The van der Waals surface area contributed by atoms with Gasteiger partial charge in [0.15, 0.2) is 0 Å². The molecule has 0 radical (unpaired) electrons. The molecule has 1 aromatic carbocycles. The van der Waals surface area contributed by atoms with Gasteiger partial charge >= 0.3 is 0 Å². The Hall–Kier alpha value is -1.51. The van der Waals surface area contributed by atoms with Crippen LogP contribution < -0.4 is 0 Å². The van der Waals surface area contributed by atoms with E-state index in [4.69, 9.17) is 5.21 Å². The number of phenols is 1. The Balaban J connectivity index is 3.13. The van der Waals surface area contributed by atoms with Crippen molar-refractivity contribution in [3.05, 3.63) is 29.8 Å². The van der Waals surface area contributed by atoms with E-state index in [9.17, 15) is 5.11 Å². The summed E-state index contributed by atoms with van der Waals surface area (Å²) in [5, 5.41) is 21.4. The van der Waals surface area contributed by atoms with E-state index < -0.39 is 0 Å². The molecule has 0 spiro atoms. The number of oxime groups is 1. The standard InChI is InChI=1S/C10H13NO2/c1-7(2)10(11-13)8-5-3-4-6-9(8)12/h3-7,12-13H,1-2H3/b11-10-. The monoisotopic (exact) mass is 179 g/mol. The fourth-order valence-corrected chi connectivity index (χ4v) is 1.17. The highest BCUT2D eigenvalue weighted by molar-refractivity contribution is 6.03. The average Bonchev–Trinajstić information content (AvgIpc) is 2.09. The lowest BCUT2D eigenvalue weighted by Gasteiger charge is -2.08. The van der Waals surface area contributed by atoms with Crippen LogP contribution in [0, 0.1) is 5.92 Å². The van der Waals surface area contributed by atoms with Gasteiger partial charge in [-0.05, 0) is 18.1 Å². The maximum absolute atomic E-state index is 9.47. The van der Waals surface area contributed by atoms with Gasteiger partial charge in [0.2, 0.25) is 0 Å². The predicted octanol–water partition coefficient (Wildman–Crippen LogP) is 2.23. The number of phenolic OH excluding ortho intramolecular Hbond substituents is 1. The van der Waals surface area contributed by atoms with Gasteiger partial charge < -0.3 is 10.3 Å². The zero-order valence-electron chi connectivity index (χ0n) is 7.73. The van der Waals surface area contributed by atoms with Crippen molar-refractivity contribution in [1.29, 1.82) is 0 Å². The Morgan fingerprint density at radius 3 is 2.38 bits per heavy atom. The molecule has 1 rings (SSSR count). The molecule has 3 nitrogen and oxygen atoms in total. The lowest BCUT2D eigenvalue weighted by atomic mass is 9.99. The van der Waals surface area contributed by atoms with Crippen LogP contribution in [0.2, 0.25) is 0 Å². The van der Waals surface area contributed by atoms with E-state index in [0.717, 1.165) is 0 Å². The maximum Gasteiger partial charge on any atom is 0.124 e. The highest BCUT2D eigenvalue weighted by Crippen LogP contribution is 2.19. The zero-order chi connectivity index (χ0) is 9.84. The molecule has 3 heteroatoms. The maximum atomic E-state index is 9.47. The van der Waals surface area contributed by atoms with Crippen molar-refractivity contribution in [1.82, 2.24) is 0 Å². The number of nitrogens with zero attached hydrogens (tertiary/aromatic N) is 1. The van der Waals surface area contributed by atoms with Crippen molar-refractivity contribution >= 4 is 5.71 Å². The van der Waals surface area contributed by atoms with Crippen molar-refractivity contribution in [2.75, 3.05) is 0 Å². The smallest absolute Gasteiger partial charge is 0.124 e. The summed E-state index contributed by atoms with van der Waals surface area (Å²) in [5.74, 6) is 0.224. The first-order chi connectivity index (χ1) is 6.16. The van der Waals surface area contributed by atoms with E-state index in [0.29, 0.717) is 11.3 Å². The van der Waals surface area contributed by atoms with Gasteiger partial charge in [-0.25, -0.2) is 0 Å². The molecule has 0 aliphatic heterocycles. The average molecular weight is 179 g/mol. The molecule has 0 bridgehead atoms. The van der Waals surface area contributed by atoms with Gasteiger partial charge in [-0.1, -0.05) is 31.1 Å². The molecule has 13 heavy (non-hydrogen) atoms. The summed E-state index contributed by atoms with van der Waals surface area (Å²) in [6, 6.07) is 6.82. The first-order valence-corrected chi connectivity index (χ1v) is 4.17. The van der Waals surface area contributed by atoms with Gasteiger partial charge in [-0.2, -0.15) is 0 Å².